The van der Waals surface area contributed by atoms with Crippen LogP contribution in [-0.4, -0.2) is 65.7 Å². The van der Waals surface area contributed by atoms with E-state index in [4.69, 9.17) is 18.9 Å². The summed E-state index contributed by atoms with van der Waals surface area (Å²) in [5.41, 5.74) is 5.27. The number of anilines is 5. The van der Waals surface area contributed by atoms with Crippen LogP contribution in [0.5, 0.6) is 28.7 Å². The van der Waals surface area contributed by atoms with Gasteiger partial charge in [-0.25, -0.2) is 0 Å². The van der Waals surface area contributed by atoms with Crippen LogP contribution in [0.4, 0.5) is 28.4 Å². The van der Waals surface area contributed by atoms with Gasteiger partial charge < -0.3 is 29.0 Å². The third-order valence-electron chi connectivity index (χ3n) is 16.8. The molecule has 4 aliphatic rings. The van der Waals surface area contributed by atoms with Crippen LogP contribution in [0, 0.1) is 5.92 Å². The van der Waals surface area contributed by atoms with Gasteiger partial charge in [0, 0.05) is 35.6 Å². The minimum Gasteiger partial charge on any atom is -0.497 e. The van der Waals surface area contributed by atoms with Crippen molar-refractivity contribution in [1.82, 2.24) is 15.0 Å². The van der Waals surface area contributed by atoms with Gasteiger partial charge in [0.1, 0.15) is 17.2 Å². The maximum Gasteiger partial charge on any atom is 0.266 e. The van der Waals surface area contributed by atoms with Crippen molar-refractivity contribution >= 4 is 59.4 Å². The quantitative estimate of drug-likeness (QED) is 0.111. The zero-order valence-corrected chi connectivity index (χ0v) is 46.2. The third-order valence-corrected chi connectivity index (χ3v) is 21.2. The van der Waals surface area contributed by atoms with Crippen molar-refractivity contribution in [3.05, 3.63) is 234 Å². The number of para-hydroxylation sites is 6. The Morgan fingerprint density at radius 1 is 0.654 bits per heavy atom. The molecule has 1 unspecified atom stereocenters. The molecule has 15 heteroatoms. The van der Waals surface area contributed by atoms with Crippen molar-refractivity contribution in [1.29, 1.82) is 0 Å². The van der Waals surface area contributed by atoms with Crippen molar-refractivity contribution < 1.29 is 38.4 Å². The van der Waals surface area contributed by atoms with Crippen LogP contribution in [0.3, 0.4) is 0 Å². The number of carbonyl (C=O) groups excluding carboxylic acids is 3. The highest BCUT2D eigenvalue weighted by Crippen LogP contribution is 2.61. The molecular weight excluding hydrogens is 1030 g/mol. The van der Waals surface area contributed by atoms with Crippen LogP contribution in [0.15, 0.2) is 200 Å². The average molecular weight is 1090 g/mol. The van der Waals surface area contributed by atoms with E-state index in [2.05, 4.69) is 42.5 Å². The molecule has 4 aliphatic heterocycles. The zero-order chi connectivity index (χ0) is 55.6. The largest absolute Gasteiger partial charge is 0.497 e. The van der Waals surface area contributed by atoms with Crippen molar-refractivity contribution in [2.45, 2.75) is 62.7 Å². The Morgan fingerprint density at radius 3 is 1.84 bits per heavy atom. The lowest BCUT2D eigenvalue weighted by atomic mass is 9.82. The smallest absolute Gasteiger partial charge is 0.266 e. The predicted molar refractivity (Wildman–Crippen MR) is 313 cm³/mol. The molecule has 0 bridgehead atoms. The number of hydrogen-bond donors (Lipinski definition) is 1. The third kappa shape index (κ3) is 8.67. The molecule has 5 heterocycles. The van der Waals surface area contributed by atoms with Crippen LogP contribution in [0.2, 0.25) is 18.6 Å². The molecule has 1 fully saturated rings. The van der Waals surface area contributed by atoms with Gasteiger partial charge in [-0.05, 0) is 114 Å². The first-order chi connectivity index (χ1) is 39.5. The molecule has 1 spiro atoms. The maximum atomic E-state index is 16.4. The zero-order valence-electron chi connectivity index (χ0n) is 45.2. The normalized spacial score (nSPS) is 19.4. The van der Waals surface area contributed by atoms with Crippen molar-refractivity contribution in [2.24, 2.45) is 5.92 Å². The number of hydrogen-bond acceptors (Lipinski definition) is 10. The minimum absolute atomic E-state index is 0.131. The lowest BCUT2D eigenvalue weighted by Crippen LogP contribution is -2.51. The summed E-state index contributed by atoms with van der Waals surface area (Å²) in [6, 6.07) is 61.0. The number of carbonyl (C=O) groups is 3. The molecule has 81 heavy (non-hydrogen) atoms. The Labute approximate surface area is 470 Å². The Balaban J connectivity index is 0.916. The molecule has 1 aromatic heterocycles. The first-order valence-electron chi connectivity index (χ1n) is 27.3. The minimum atomic E-state index is -2.63. The van der Waals surface area contributed by atoms with Crippen LogP contribution >= 0.6 is 0 Å². The summed E-state index contributed by atoms with van der Waals surface area (Å²) in [7, 11) is -0.971. The van der Waals surface area contributed by atoms with Crippen molar-refractivity contribution in [3.63, 3.8) is 0 Å². The molecule has 9 aromatic rings. The molecule has 404 valence electrons. The van der Waals surface area contributed by atoms with E-state index in [1.54, 1.807) is 41.2 Å². The van der Waals surface area contributed by atoms with E-state index in [0.29, 0.717) is 86.8 Å². The van der Waals surface area contributed by atoms with Crippen LogP contribution in [0.1, 0.15) is 62.4 Å². The maximum absolute atomic E-state index is 16.4. The molecule has 0 aliphatic carbocycles. The van der Waals surface area contributed by atoms with Gasteiger partial charge in [-0.3, -0.25) is 28.9 Å². The summed E-state index contributed by atoms with van der Waals surface area (Å²) in [6.45, 7) is 7.33. The molecule has 1 N–H and O–H groups in total. The van der Waals surface area contributed by atoms with E-state index in [9.17, 15) is 9.90 Å². The van der Waals surface area contributed by atoms with E-state index >= 15 is 9.59 Å². The van der Waals surface area contributed by atoms with Crippen molar-refractivity contribution in [3.8, 4) is 28.7 Å². The highest BCUT2D eigenvalue weighted by atomic mass is 28.3. The second-order valence-corrected chi connectivity index (χ2v) is 26.4. The van der Waals surface area contributed by atoms with Gasteiger partial charge in [-0.15, -0.1) is 5.10 Å². The molecule has 14 nitrogen and oxygen atoms in total. The molecule has 0 radical (unpaired) electrons. The fraction of sp³-hybridized carbons (Fsp3) is 0.197. The van der Waals surface area contributed by atoms with E-state index in [1.807, 2.05) is 174 Å². The topological polar surface area (TPSA) is 149 Å². The van der Waals surface area contributed by atoms with Gasteiger partial charge in [0.2, 0.25) is 0 Å². The number of methoxy groups -OCH3 is 1. The van der Waals surface area contributed by atoms with Gasteiger partial charge in [-0.1, -0.05) is 134 Å². The number of fused-ring (bicyclic) bond motifs is 6. The summed E-state index contributed by atoms with van der Waals surface area (Å²) >= 11 is 0. The second-order valence-electron chi connectivity index (χ2n) is 21.7. The van der Waals surface area contributed by atoms with E-state index < -0.39 is 25.7 Å². The average Bonchev–Trinajstić information content (AvgIpc) is 4.25. The number of rotatable bonds is 13. The van der Waals surface area contributed by atoms with Gasteiger partial charge in [0.05, 0.1) is 74.2 Å². The highest BCUT2D eigenvalue weighted by molar-refractivity contribution is 6.91. The molecule has 8 aromatic carbocycles. The Kier molecular flexibility index (Phi) is 13.0. The summed E-state index contributed by atoms with van der Waals surface area (Å²) in [5.74, 6) is 1.27. The number of aliphatic hydroxyl groups excluding tert-OH is 1. The first kappa shape index (κ1) is 51.3. The number of nitrogens with zero attached hydrogens (tertiary/aromatic N) is 6. The fourth-order valence-corrected chi connectivity index (χ4v) is 16.9. The summed E-state index contributed by atoms with van der Waals surface area (Å²) in [6.07, 6.45) is 1.93. The van der Waals surface area contributed by atoms with Gasteiger partial charge in [0.25, 0.3) is 17.7 Å². The Hall–Kier alpha value is -9.15. The predicted octanol–water partition coefficient (Wildman–Crippen LogP) is 12.4. The van der Waals surface area contributed by atoms with Gasteiger partial charge in [0.15, 0.2) is 17.1 Å². The van der Waals surface area contributed by atoms with Crippen LogP contribution < -0.4 is 34.1 Å². The molecule has 3 amide bonds. The molecule has 0 saturated carbocycles. The number of ether oxygens (including phenoxy) is 4. The van der Waals surface area contributed by atoms with E-state index in [1.165, 1.54) is 5.19 Å². The van der Waals surface area contributed by atoms with Crippen molar-refractivity contribution in [2.75, 3.05) is 28.4 Å². The second kappa shape index (κ2) is 20.5. The Morgan fingerprint density at radius 2 is 1.22 bits per heavy atom. The lowest BCUT2D eigenvalue weighted by Gasteiger charge is -2.37. The fourth-order valence-electron chi connectivity index (χ4n) is 12.8. The number of aromatic nitrogens is 3. The monoisotopic (exact) mass is 1090 g/mol. The number of benzene rings is 8. The number of aryl methyl sites for hydroxylation is 1. The van der Waals surface area contributed by atoms with Gasteiger partial charge in [-0.2, -0.15) is 0 Å². The van der Waals surface area contributed by atoms with Crippen LogP contribution in [0.25, 0.3) is 0 Å². The SMILES string of the molecule is COc1ccc([Si](C)(C)[C@H]2[C@H](CCn3cc(C(CO)c4ccccc4)nn3)O[C@@]3(C(=O)N(Cc4ccc(N5C(=O)c6ccccc6Oc6ccccc65)cc4)c4ccc(N5C(=O)c6ccccc6Oc6ccccc65)cc43)[C@@H]2C)cc1. The number of aliphatic hydroxyl groups is 1. The number of amides is 3. The molecule has 13 rings (SSSR count). The lowest BCUT2D eigenvalue weighted by molar-refractivity contribution is -0.146. The molecular formula is C66H58N6O8Si. The highest BCUT2D eigenvalue weighted by Gasteiger charge is 2.66. The molecule has 5 atom stereocenters. The van der Waals surface area contributed by atoms with Gasteiger partial charge >= 0.3 is 0 Å². The summed E-state index contributed by atoms with van der Waals surface area (Å²) in [4.78, 5) is 51.0. The first-order valence-corrected chi connectivity index (χ1v) is 30.4. The standard InChI is InChI=1S/C66H58N6O8Si/c1-42-62(81(3,4)48-33-31-47(77-2)32-34-48)61(36-37-69-40-53(67-68-69)51(41-73)44-16-6-5-7-17-44)80-66(42)52-38-46(72-56-21-11-15-25-60(56)79-58-23-13-9-19-50(58)64(72)75)30-35-54(52)70(65(66)76)39-43-26-28-45(29-27-43)71-55-20-10-14-24-59(55)78-57-22-12-8-18-49(57)63(71)74/h5-35,38,40,42,51,61-62,73H,36-37,39,41H2,1-4H3/t42-,51?,61+,62-,66+/m1/s1. The molecule has 1 saturated heterocycles. The summed E-state index contributed by atoms with van der Waals surface area (Å²) < 4.78 is 27.9. The van der Waals surface area contributed by atoms with Crippen LogP contribution in [-0.2, 0) is 28.2 Å². The Bertz CT molecular complexity index is 3890. The van der Waals surface area contributed by atoms with E-state index in [0.717, 1.165) is 16.9 Å². The van der Waals surface area contributed by atoms with E-state index in [-0.39, 0.29) is 42.3 Å². The summed E-state index contributed by atoms with van der Waals surface area (Å²) in [5, 5.41) is 20.9.